The van der Waals surface area contributed by atoms with E-state index < -0.39 is 20.0 Å². The first-order chi connectivity index (χ1) is 15.8. The van der Waals surface area contributed by atoms with Crippen LogP contribution in [0.3, 0.4) is 0 Å². The molecule has 3 aromatic rings. The van der Waals surface area contributed by atoms with Gasteiger partial charge in [-0.05, 0) is 48.5 Å². The first-order valence-corrected chi connectivity index (χ1v) is 12.7. The Morgan fingerprint density at radius 3 is 2.36 bits per heavy atom. The number of ether oxygens (including phenoxy) is 1. The standard InChI is InChI=1S/C22H21N3O6S2/c1-31-20-8-4-3-7-19(20)25(14-15-26)33(29,30)17-12-10-16(11-13-17)23-22-18-6-2-5-9-21(18)32(27,28)24-22/h2-13,26H,14-15H2,1H3,(H,23,24). The van der Waals surface area contributed by atoms with Crippen molar-refractivity contribution >= 4 is 37.3 Å². The van der Waals surface area contributed by atoms with Crippen LogP contribution in [0.25, 0.3) is 0 Å². The van der Waals surface area contributed by atoms with Crippen LogP contribution in [0.15, 0.2) is 87.0 Å². The highest BCUT2D eigenvalue weighted by molar-refractivity contribution is 7.92. The molecular formula is C22H21N3O6S2. The molecule has 0 saturated heterocycles. The number of nitrogens with one attached hydrogen (secondary N) is 1. The molecule has 0 aromatic heterocycles. The van der Waals surface area contributed by atoms with Crippen LogP contribution in [-0.2, 0) is 20.0 Å². The Balaban J connectivity index is 1.64. The molecule has 1 heterocycles. The number of anilines is 2. The van der Waals surface area contributed by atoms with Crippen molar-refractivity contribution in [3.8, 4) is 5.75 Å². The van der Waals surface area contributed by atoms with Crippen LogP contribution in [-0.4, -0.2) is 48.0 Å². The fraction of sp³-hybridized carbons (Fsp3) is 0.136. The van der Waals surface area contributed by atoms with Crippen molar-refractivity contribution < 1.29 is 26.7 Å². The van der Waals surface area contributed by atoms with Gasteiger partial charge in [-0.25, -0.2) is 8.42 Å². The summed E-state index contributed by atoms with van der Waals surface area (Å²) in [4.78, 5) is 0.108. The SMILES string of the molecule is COc1ccccc1N(CCO)S(=O)(=O)c1ccc(NC2=NS(=O)(=O)c3ccccc32)cc1. The highest BCUT2D eigenvalue weighted by atomic mass is 32.2. The number of aliphatic hydroxyl groups is 1. The normalized spacial score (nSPS) is 14.3. The molecule has 11 heteroatoms. The van der Waals surface area contributed by atoms with Gasteiger partial charge in [-0.3, -0.25) is 4.31 Å². The minimum Gasteiger partial charge on any atom is -0.495 e. The summed E-state index contributed by atoms with van der Waals surface area (Å²) in [5.74, 6) is 0.518. The number of rotatable bonds is 7. The zero-order valence-corrected chi connectivity index (χ0v) is 19.2. The number of amidine groups is 1. The topological polar surface area (TPSA) is 125 Å². The number of sulfonamides is 2. The molecule has 0 bridgehead atoms. The van der Waals surface area contributed by atoms with Crippen LogP contribution in [0.5, 0.6) is 5.75 Å². The molecule has 3 aromatic carbocycles. The van der Waals surface area contributed by atoms with E-state index in [1.807, 2.05) is 0 Å². The molecule has 9 nitrogen and oxygen atoms in total. The summed E-state index contributed by atoms with van der Waals surface area (Å²) in [6.45, 7) is -0.543. The smallest absolute Gasteiger partial charge is 0.285 e. The second-order valence-electron chi connectivity index (χ2n) is 7.03. The monoisotopic (exact) mass is 487 g/mol. The lowest BCUT2D eigenvalue weighted by Crippen LogP contribution is -2.34. The molecule has 1 aliphatic heterocycles. The van der Waals surface area contributed by atoms with E-state index in [9.17, 15) is 21.9 Å². The van der Waals surface area contributed by atoms with Crippen LogP contribution in [0, 0.1) is 0 Å². The number of hydrogen-bond acceptors (Lipinski definition) is 7. The van der Waals surface area contributed by atoms with Gasteiger partial charge in [-0.15, -0.1) is 4.40 Å². The summed E-state index contributed by atoms with van der Waals surface area (Å²) in [6.07, 6.45) is 0. The molecule has 172 valence electrons. The van der Waals surface area contributed by atoms with E-state index in [0.717, 1.165) is 4.31 Å². The molecule has 0 radical (unpaired) electrons. The van der Waals surface area contributed by atoms with Crippen molar-refractivity contribution in [1.29, 1.82) is 0 Å². The highest BCUT2D eigenvalue weighted by Gasteiger charge is 2.29. The van der Waals surface area contributed by atoms with Gasteiger partial charge in [0.15, 0.2) is 5.84 Å². The minimum absolute atomic E-state index is 0.00575. The number of para-hydroxylation sites is 2. The lowest BCUT2D eigenvalue weighted by atomic mass is 10.2. The third kappa shape index (κ3) is 4.30. The van der Waals surface area contributed by atoms with Gasteiger partial charge in [-0.2, -0.15) is 8.42 Å². The minimum atomic E-state index is -4.02. The molecule has 2 N–H and O–H groups in total. The number of benzene rings is 3. The maximum absolute atomic E-state index is 13.3. The molecule has 0 amide bonds. The van der Waals surface area contributed by atoms with Crippen LogP contribution in [0.1, 0.15) is 5.56 Å². The molecule has 0 aliphatic carbocycles. The Morgan fingerprint density at radius 1 is 1.00 bits per heavy atom. The average Bonchev–Trinajstić information content (AvgIpc) is 3.07. The largest absolute Gasteiger partial charge is 0.495 e. The summed E-state index contributed by atoms with van der Waals surface area (Å²) in [5, 5.41) is 12.4. The van der Waals surface area contributed by atoms with Gasteiger partial charge in [-0.1, -0.05) is 24.3 Å². The molecule has 4 rings (SSSR count). The van der Waals surface area contributed by atoms with Gasteiger partial charge >= 0.3 is 0 Å². The molecule has 0 atom stereocenters. The van der Waals surface area contributed by atoms with E-state index in [-0.39, 0.29) is 28.8 Å². The van der Waals surface area contributed by atoms with Gasteiger partial charge < -0.3 is 15.2 Å². The Bertz CT molecular complexity index is 1420. The first-order valence-electron chi connectivity index (χ1n) is 9.86. The zero-order valence-electron chi connectivity index (χ0n) is 17.5. The van der Waals surface area contributed by atoms with E-state index in [4.69, 9.17) is 4.74 Å². The van der Waals surface area contributed by atoms with Crippen LogP contribution >= 0.6 is 0 Å². The Kier molecular flexibility index (Phi) is 6.11. The summed E-state index contributed by atoms with van der Waals surface area (Å²) in [5.41, 5.74) is 1.21. The second-order valence-corrected chi connectivity index (χ2v) is 10.5. The van der Waals surface area contributed by atoms with Crippen LogP contribution in [0.4, 0.5) is 11.4 Å². The molecule has 1 aliphatic rings. The van der Waals surface area contributed by atoms with Gasteiger partial charge in [0.2, 0.25) is 0 Å². The van der Waals surface area contributed by atoms with Gasteiger partial charge in [0.05, 0.1) is 30.8 Å². The van der Waals surface area contributed by atoms with Crippen molar-refractivity contribution in [1.82, 2.24) is 0 Å². The average molecular weight is 488 g/mol. The number of methoxy groups -OCH3 is 1. The summed E-state index contributed by atoms with van der Waals surface area (Å²) < 4.78 is 61.2. The number of aliphatic hydroxyl groups excluding tert-OH is 1. The molecule has 0 saturated carbocycles. The quantitative estimate of drug-likeness (QED) is 0.524. The Labute approximate surface area is 192 Å². The van der Waals surface area contributed by atoms with Gasteiger partial charge in [0.25, 0.3) is 20.0 Å². The fourth-order valence-electron chi connectivity index (χ4n) is 3.47. The van der Waals surface area contributed by atoms with Crippen molar-refractivity contribution in [3.05, 3.63) is 78.4 Å². The maximum Gasteiger partial charge on any atom is 0.285 e. The summed E-state index contributed by atoms with van der Waals surface area (Å²) in [7, 11) is -6.36. The molecule has 0 spiro atoms. The molecular weight excluding hydrogens is 466 g/mol. The fourth-order valence-corrected chi connectivity index (χ4v) is 6.11. The number of fused-ring (bicyclic) bond motifs is 1. The lowest BCUT2D eigenvalue weighted by molar-refractivity contribution is 0.306. The molecule has 33 heavy (non-hydrogen) atoms. The summed E-state index contributed by atoms with van der Waals surface area (Å²) in [6, 6.07) is 18.9. The van der Waals surface area contributed by atoms with Crippen LogP contribution < -0.4 is 14.4 Å². The second kappa shape index (κ2) is 8.85. The zero-order chi connectivity index (χ0) is 23.6. The maximum atomic E-state index is 13.3. The third-order valence-corrected chi connectivity index (χ3v) is 8.16. The molecule has 0 unspecified atom stereocenters. The van der Waals surface area contributed by atoms with Crippen molar-refractivity contribution in [2.45, 2.75) is 9.79 Å². The summed E-state index contributed by atoms with van der Waals surface area (Å²) >= 11 is 0. The number of hydrogen-bond donors (Lipinski definition) is 2. The van der Waals surface area contributed by atoms with Gasteiger partial charge in [0, 0.05) is 11.3 Å². The van der Waals surface area contributed by atoms with Gasteiger partial charge in [0.1, 0.15) is 10.6 Å². The predicted molar refractivity (Wildman–Crippen MR) is 125 cm³/mol. The van der Waals surface area contributed by atoms with E-state index in [2.05, 4.69) is 9.71 Å². The van der Waals surface area contributed by atoms with E-state index in [0.29, 0.717) is 22.7 Å². The Hall–Kier alpha value is -3.41. The predicted octanol–water partition coefficient (Wildman–Crippen LogP) is 2.44. The van der Waals surface area contributed by atoms with Crippen molar-refractivity contribution in [2.24, 2.45) is 4.40 Å². The third-order valence-electron chi connectivity index (χ3n) is 4.99. The Morgan fingerprint density at radius 2 is 1.67 bits per heavy atom. The van der Waals surface area contributed by atoms with Crippen molar-refractivity contribution in [3.63, 3.8) is 0 Å². The number of nitrogens with zero attached hydrogens (tertiary/aromatic N) is 2. The highest BCUT2D eigenvalue weighted by Crippen LogP contribution is 2.32. The van der Waals surface area contributed by atoms with E-state index in [1.165, 1.54) is 37.4 Å². The van der Waals surface area contributed by atoms with E-state index >= 15 is 0 Å². The first kappa shape index (κ1) is 22.8. The van der Waals surface area contributed by atoms with Crippen LogP contribution in [0.2, 0.25) is 0 Å². The van der Waals surface area contributed by atoms with E-state index in [1.54, 1.807) is 42.5 Å². The lowest BCUT2D eigenvalue weighted by Gasteiger charge is -2.25. The van der Waals surface area contributed by atoms with Crippen molar-refractivity contribution in [2.75, 3.05) is 29.9 Å². The molecule has 0 fully saturated rings.